The summed E-state index contributed by atoms with van der Waals surface area (Å²) in [5.74, 6) is -0.382. The molecule has 1 fully saturated rings. The molecule has 3 rings (SSSR count). The number of likely N-dealkylation sites (tertiary alicyclic amines) is 1. The largest absolute Gasteiger partial charge is 0.342 e. The number of aryl methyl sites for hydroxylation is 1. The number of amides is 2. The van der Waals surface area contributed by atoms with Crippen molar-refractivity contribution >= 4 is 17.5 Å². The Morgan fingerprint density at radius 2 is 1.70 bits per heavy atom. The van der Waals surface area contributed by atoms with Crippen LogP contribution in [0.5, 0.6) is 0 Å². The molecule has 2 atom stereocenters. The molecule has 4 nitrogen and oxygen atoms in total. The minimum absolute atomic E-state index is 0.0406. The summed E-state index contributed by atoms with van der Waals surface area (Å²) in [6, 6.07) is 7.75. The highest BCUT2D eigenvalue weighted by Crippen LogP contribution is 2.30. The first-order chi connectivity index (χ1) is 11.2. The van der Waals surface area contributed by atoms with Gasteiger partial charge in [0.25, 0.3) is 0 Å². The Morgan fingerprint density at radius 1 is 1.04 bits per heavy atom. The van der Waals surface area contributed by atoms with Gasteiger partial charge in [0.15, 0.2) is 0 Å². The molecule has 1 aliphatic carbocycles. The molecule has 2 unspecified atom stereocenters. The molecule has 4 heteroatoms. The van der Waals surface area contributed by atoms with Crippen LogP contribution in [0.15, 0.2) is 36.4 Å². The predicted molar refractivity (Wildman–Crippen MR) is 91.0 cm³/mol. The first-order valence-electron chi connectivity index (χ1n) is 8.47. The zero-order valence-corrected chi connectivity index (χ0v) is 13.6. The molecule has 1 aromatic rings. The Hall–Kier alpha value is -2.10. The number of anilines is 1. The van der Waals surface area contributed by atoms with Crippen molar-refractivity contribution < 1.29 is 9.59 Å². The van der Waals surface area contributed by atoms with Crippen molar-refractivity contribution in [3.8, 4) is 0 Å². The molecule has 23 heavy (non-hydrogen) atoms. The maximum Gasteiger partial charge on any atom is 0.228 e. The smallest absolute Gasteiger partial charge is 0.228 e. The number of para-hydroxylation sites is 1. The first-order valence-corrected chi connectivity index (χ1v) is 8.47. The van der Waals surface area contributed by atoms with Crippen LogP contribution in [-0.2, 0) is 9.59 Å². The third kappa shape index (κ3) is 3.46. The fourth-order valence-electron chi connectivity index (χ4n) is 3.49. The summed E-state index contributed by atoms with van der Waals surface area (Å²) in [6.45, 7) is 3.65. The Morgan fingerprint density at radius 3 is 2.39 bits per heavy atom. The van der Waals surface area contributed by atoms with Gasteiger partial charge in [-0.1, -0.05) is 30.4 Å². The fourth-order valence-corrected chi connectivity index (χ4v) is 3.49. The van der Waals surface area contributed by atoms with E-state index in [2.05, 4.69) is 5.32 Å². The van der Waals surface area contributed by atoms with Gasteiger partial charge >= 0.3 is 0 Å². The number of nitrogens with one attached hydrogen (secondary N) is 1. The highest BCUT2D eigenvalue weighted by atomic mass is 16.2. The molecule has 1 N–H and O–H groups in total. The molecule has 1 heterocycles. The first kappa shape index (κ1) is 15.8. The Kier molecular flexibility index (Phi) is 4.79. The second-order valence-corrected chi connectivity index (χ2v) is 6.49. The molecular weight excluding hydrogens is 288 g/mol. The van der Waals surface area contributed by atoms with E-state index in [1.165, 1.54) is 0 Å². The van der Waals surface area contributed by atoms with Crippen LogP contribution in [0.4, 0.5) is 5.69 Å². The van der Waals surface area contributed by atoms with Gasteiger partial charge in [-0.25, -0.2) is 0 Å². The van der Waals surface area contributed by atoms with Crippen molar-refractivity contribution in [2.45, 2.75) is 32.6 Å². The van der Waals surface area contributed by atoms with Crippen LogP contribution in [0.2, 0.25) is 0 Å². The standard InChI is InChI=1S/C19H24N2O2/c1-14-8-2-5-11-17(14)20-18(22)15-9-3-4-10-16(15)19(23)21-12-6-7-13-21/h2-5,8,11,15-16H,6-7,9-10,12-13H2,1H3,(H,20,22). The third-order valence-corrected chi connectivity index (χ3v) is 4.91. The molecule has 1 aliphatic heterocycles. The molecule has 1 saturated heterocycles. The maximum absolute atomic E-state index is 12.7. The van der Waals surface area contributed by atoms with E-state index in [1.54, 1.807) is 0 Å². The van der Waals surface area contributed by atoms with Gasteiger partial charge in [-0.2, -0.15) is 0 Å². The summed E-state index contributed by atoms with van der Waals surface area (Å²) in [5.41, 5.74) is 1.87. The minimum Gasteiger partial charge on any atom is -0.342 e. The number of carbonyl (C=O) groups excluding carboxylic acids is 2. The second-order valence-electron chi connectivity index (χ2n) is 6.49. The van der Waals surface area contributed by atoms with E-state index in [4.69, 9.17) is 0 Å². The molecule has 1 aromatic carbocycles. The number of nitrogens with zero attached hydrogens (tertiary/aromatic N) is 1. The quantitative estimate of drug-likeness (QED) is 0.872. The number of hydrogen-bond acceptors (Lipinski definition) is 2. The molecule has 122 valence electrons. The third-order valence-electron chi connectivity index (χ3n) is 4.91. The van der Waals surface area contributed by atoms with Crippen molar-refractivity contribution in [1.82, 2.24) is 4.90 Å². The van der Waals surface area contributed by atoms with E-state index in [0.29, 0.717) is 12.8 Å². The monoisotopic (exact) mass is 312 g/mol. The van der Waals surface area contributed by atoms with Gasteiger partial charge in [-0.15, -0.1) is 0 Å². The normalized spacial score (nSPS) is 23.8. The average Bonchev–Trinajstić information content (AvgIpc) is 3.11. The number of rotatable bonds is 3. The van der Waals surface area contributed by atoms with Crippen LogP contribution in [0, 0.1) is 18.8 Å². The van der Waals surface area contributed by atoms with Gasteiger partial charge in [0, 0.05) is 18.8 Å². The zero-order chi connectivity index (χ0) is 16.2. The van der Waals surface area contributed by atoms with E-state index in [-0.39, 0.29) is 23.7 Å². The van der Waals surface area contributed by atoms with Crippen molar-refractivity contribution in [1.29, 1.82) is 0 Å². The molecule has 2 aliphatic rings. The van der Waals surface area contributed by atoms with E-state index in [1.807, 2.05) is 48.2 Å². The molecule has 0 aromatic heterocycles. The van der Waals surface area contributed by atoms with Gasteiger partial charge in [0.1, 0.15) is 0 Å². The number of allylic oxidation sites excluding steroid dienone is 2. The van der Waals surface area contributed by atoms with Crippen molar-refractivity contribution in [2.24, 2.45) is 11.8 Å². The van der Waals surface area contributed by atoms with Crippen molar-refractivity contribution in [3.63, 3.8) is 0 Å². The van der Waals surface area contributed by atoms with Crippen LogP contribution < -0.4 is 5.32 Å². The molecule has 2 amide bonds. The topological polar surface area (TPSA) is 49.4 Å². The summed E-state index contributed by atoms with van der Waals surface area (Å²) in [4.78, 5) is 27.4. The van der Waals surface area contributed by atoms with Crippen molar-refractivity contribution in [3.05, 3.63) is 42.0 Å². The summed E-state index contributed by atoms with van der Waals surface area (Å²) in [6.07, 6.45) is 7.53. The molecular formula is C19H24N2O2. The lowest BCUT2D eigenvalue weighted by Crippen LogP contribution is -2.42. The number of benzene rings is 1. The molecule has 0 saturated carbocycles. The van der Waals surface area contributed by atoms with Gasteiger partial charge in [-0.3, -0.25) is 9.59 Å². The van der Waals surface area contributed by atoms with Gasteiger partial charge in [-0.05, 0) is 44.2 Å². The van der Waals surface area contributed by atoms with E-state index in [0.717, 1.165) is 37.2 Å². The number of carbonyl (C=O) groups is 2. The Labute approximate surface area is 137 Å². The Balaban J connectivity index is 1.73. The van der Waals surface area contributed by atoms with E-state index >= 15 is 0 Å². The zero-order valence-electron chi connectivity index (χ0n) is 13.6. The van der Waals surface area contributed by atoms with E-state index in [9.17, 15) is 9.59 Å². The average molecular weight is 312 g/mol. The SMILES string of the molecule is Cc1ccccc1NC(=O)C1CC=CCC1C(=O)N1CCCC1. The maximum atomic E-state index is 12.7. The summed E-state index contributed by atoms with van der Waals surface area (Å²) in [5, 5.41) is 3.01. The highest BCUT2D eigenvalue weighted by Gasteiger charge is 2.37. The Bertz CT molecular complexity index is 618. The van der Waals surface area contributed by atoms with Crippen LogP contribution in [-0.4, -0.2) is 29.8 Å². The highest BCUT2D eigenvalue weighted by molar-refractivity contribution is 5.97. The molecule has 0 spiro atoms. The van der Waals surface area contributed by atoms with Gasteiger partial charge < -0.3 is 10.2 Å². The van der Waals surface area contributed by atoms with Crippen molar-refractivity contribution in [2.75, 3.05) is 18.4 Å². The summed E-state index contributed by atoms with van der Waals surface area (Å²) >= 11 is 0. The number of hydrogen-bond donors (Lipinski definition) is 1. The lowest BCUT2D eigenvalue weighted by Gasteiger charge is -2.30. The molecule has 0 radical (unpaired) electrons. The molecule has 0 bridgehead atoms. The fraction of sp³-hybridized carbons (Fsp3) is 0.474. The van der Waals surface area contributed by atoms with Crippen LogP contribution in [0.3, 0.4) is 0 Å². The minimum atomic E-state index is -0.271. The summed E-state index contributed by atoms with van der Waals surface area (Å²) < 4.78 is 0. The van der Waals surface area contributed by atoms with Gasteiger partial charge in [0.2, 0.25) is 11.8 Å². The summed E-state index contributed by atoms with van der Waals surface area (Å²) in [7, 11) is 0. The van der Waals surface area contributed by atoms with E-state index < -0.39 is 0 Å². The van der Waals surface area contributed by atoms with Crippen LogP contribution in [0.1, 0.15) is 31.2 Å². The lowest BCUT2D eigenvalue weighted by atomic mass is 9.81. The van der Waals surface area contributed by atoms with Crippen LogP contribution >= 0.6 is 0 Å². The second kappa shape index (κ2) is 6.99. The van der Waals surface area contributed by atoms with Gasteiger partial charge in [0.05, 0.1) is 11.8 Å². The lowest BCUT2D eigenvalue weighted by molar-refractivity contribution is -0.139. The van der Waals surface area contributed by atoms with Crippen LogP contribution in [0.25, 0.3) is 0 Å². The predicted octanol–water partition coefficient (Wildman–Crippen LogP) is 3.14.